The van der Waals surface area contributed by atoms with E-state index in [0.29, 0.717) is 149 Å². The Labute approximate surface area is 521 Å². The van der Waals surface area contributed by atoms with Gasteiger partial charge in [-0.2, -0.15) is 0 Å². The zero-order valence-corrected chi connectivity index (χ0v) is 54.6. The van der Waals surface area contributed by atoms with E-state index < -0.39 is 6.04 Å². The van der Waals surface area contributed by atoms with Gasteiger partial charge in [-0.3, -0.25) is 19.2 Å². The van der Waals surface area contributed by atoms with Gasteiger partial charge in [-0.15, -0.1) is 0 Å². The molecule has 4 amide bonds. The van der Waals surface area contributed by atoms with Gasteiger partial charge in [-0.05, 0) is 180 Å². The molecule has 476 valence electrons. The summed E-state index contributed by atoms with van der Waals surface area (Å²) in [5, 5.41) is 11.9. The number of nitrogens with one attached hydrogen (secondary N) is 4. The highest BCUT2D eigenvalue weighted by molar-refractivity contribution is 5.98. The Bertz CT molecular complexity index is 2890. The summed E-state index contributed by atoms with van der Waals surface area (Å²) in [7, 11) is 0. The minimum Gasteiger partial charge on any atom is -0.379 e. The quantitative estimate of drug-likeness (QED) is 0.0252. The first-order chi connectivity index (χ1) is 41.6. The van der Waals surface area contributed by atoms with Crippen LogP contribution in [0.4, 0.5) is 0 Å². The second-order valence-corrected chi connectivity index (χ2v) is 26.1. The average Bonchev–Trinajstić information content (AvgIpc) is 1.06. The topological polar surface area (TPSA) is 172 Å². The number of amides is 4. The van der Waals surface area contributed by atoms with Crippen molar-refractivity contribution in [3.05, 3.63) is 141 Å². The van der Waals surface area contributed by atoms with Gasteiger partial charge >= 0.3 is 0 Å². The van der Waals surface area contributed by atoms with E-state index in [1.54, 1.807) is 12.1 Å². The van der Waals surface area contributed by atoms with Crippen LogP contribution in [0.3, 0.4) is 0 Å². The van der Waals surface area contributed by atoms with Crippen molar-refractivity contribution < 1.29 is 47.6 Å². The molecule has 2 aliphatic carbocycles. The summed E-state index contributed by atoms with van der Waals surface area (Å²) in [5.74, 6) is -0.824. The first-order valence-electron chi connectivity index (χ1n) is 32.1. The molecular formula is C73H104N4O10. The van der Waals surface area contributed by atoms with Crippen LogP contribution in [0.2, 0.25) is 0 Å². The van der Waals surface area contributed by atoms with Gasteiger partial charge in [0.2, 0.25) is 11.8 Å². The molecule has 1 atom stereocenters. The lowest BCUT2D eigenvalue weighted by molar-refractivity contribution is -0.123. The maximum absolute atomic E-state index is 13.8. The van der Waals surface area contributed by atoms with Crippen molar-refractivity contribution in [1.29, 1.82) is 0 Å². The normalized spacial score (nSPS) is 16.1. The van der Waals surface area contributed by atoms with E-state index in [-0.39, 0.29) is 45.3 Å². The molecule has 4 aromatic rings. The number of carbonyl (C=O) groups excluding carboxylic acids is 4. The van der Waals surface area contributed by atoms with Crippen LogP contribution >= 0.6 is 0 Å². The Morgan fingerprint density at radius 1 is 0.437 bits per heavy atom. The Morgan fingerprint density at radius 2 is 0.828 bits per heavy atom. The van der Waals surface area contributed by atoms with Crippen LogP contribution in [-0.2, 0) is 59.7 Å². The molecule has 0 saturated heterocycles. The molecule has 2 aliphatic rings. The highest BCUT2D eigenvalue weighted by Gasteiger charge is 2.38. The summed E-state index contributed by atoms with van der Waals surface area (Å²) in [6.45, 7) is 31.9. The summed E-state index contributed by atoms with van der Waals surface area (Å²) in [6.07, 6.45) is 12.2. The number of ether oxygens (including phenoxy) is 6. The van der Waals surface area contributed by atoms with Gasteiger partial charge in [0.1, 0.15) is 6.04 Å². The maximum Gasteiger partial charge on any atom is 0.251 e. The predicted octanol–water partition coefficient (Wildman–Crippen LogP) is 12.7. The molecule has 14 nitrogen and oxygen atoms in total. The van der Waals surface area contributed by atoms with Crippen LogP contribution in [0.1, 0.15) is 206 Å². The van der Waals surface area contributed by atoms with Crippen molar-refractivity contribution in [3.8, 4) is 0 Å². The molecule has 0 bridgehead atoms. The van der Waals surface area contributed by atoms with E-state index in [4.69, 9.17) is 28.4 Å². The molecule has 0 saturated carbocycles. The number of rotatable bonds is 37. The number of allylic oxidation sites excluding steroid dienone is 2. The molecule has 0 fully saturated rings. The third-order valence-corrected chi connectivity index (χ3v) is 17.3. The van der Waals surface area contributed by atoms with Crippen LogP contribution in [0, 0.1) is 0 Å². The first-order valence-corrected chi connectivity index (χ1v) is 32.1. The van der Waals surface area contributed by atoms with Crippen LogP contribution in [-0.4, -0.2) is 129 Å². The summed E-state index contributed by atoms with van der Waals surface area (Å²) in [5.41, 5.74) is 14.1. The molecule has 6 rings (SSSR count). The highest BCUT2D eigenvalue weighted by Crippen LogP contribution is 2.48. The lowest BCUT2D eigenvalue weighted by Crippen LogP contribution is -2.47. The number of hydrogen-bond donors (Lipinski definition) is 4. The third-order valence-electron chi connectivity index (χ3n) is 17.3. The van der Waals surface area contributed by atoms with E-state index >= 15 is 0 Å². The van der Waals surface area contributed by atoms with Crippen molar-refractivity contribution in [2.45, 2.75) is 168 Å². The first kappa shape index (κ1) is 70.1. The summed E-state index contributed by atoms with van der Waals surface area (Å²) in [4.78, 5) is 52.9. The molecule has 14 heteroatoms. The molecule has 0 heterocycles. The Balaban J connectivity index is 0.924. The van der Waals surface area contributed by atoms with Gasteiger partial charge < -0.3 is 49.7 Å². The molecule has 0 aliphatic heterocycles. The van der Waals surface area contributed by atoms with Crippen LogP contribution in [0.5, 0.6) is 0 Å². The monoisotopic (exact) mass is 1200 g/mol. The van der Waals surface area contributed by atoms with Gasteiger partial charge in [-0.25, -0.2) is 0 Å². The Kier molecular flexibility index (Phi) is 27.9. The predicted molar refractivity (Wildman–Crippen MR) is 351 cm³/mol. The fourth-order valence-corrected chi connectivity index (χ4v) is 11.4. The van der Waals surface area contributed by atoms with Gasteiger partial charge in [0.05, 0.1) is 59.5 Å². The van der Waals surface area contributed by atoms with E-state index in [9.17, 15) is 19.2 Å². The molecular weight excluding hydrogens is 1090 g/mol. The van der Waals surface area contributed by atoms with Gasteiger partial charge in [0, 0.05) is 57.0 Å². The lowest BCUT2D eigenvalue weighted by atomic mass is 9.63. The molecule has 4 aromatic carbocycles. The van der Waals surface area contributed by atoms with Gasteiger partial charge in [-0.1, -0.05) is 128 Å². The van der Waals surface area contributed by atoms with Crippen molar-refractivity contribution in [2.24, 2.45) is 0 Å². The molecule has 87 heavy (non-hydrogen) atoms. The van der Waals surface area contributed by atoms with Crippen molar-refractivity contribution >= 4 is 46.9 Å². The molecule has 0 unspecified atom stereocenters. The average molecular weight is 1200 g/mol. The number of fused-ring (bicyclic) bond motifs is 2. The Hall–Kier alpha value is -6.00. The third kappa shape index (κ3) is 22.5. The highest BCUT2D eigenvalue weighted by atomic mass is 16.5. The second kappa shape index (κ2) is 34.7. The van der Waals surface area contributed by atoms with Crippen LogP contribution < -0.4 is 21.3 Å². The largest absolute Gasteiger partial charge is 0.379 e. The standard InChI is InChI=1S/C73H104N4O10/c1-12-82-41-42-86-48-45-85-40-30-66(78)74-36-15-38-83-43-46-87-47-44-84-39-16-37-76-69(81)65(77-68(80)58-24-20-56(21-25-58)50-54(3)60-27-29-62-64(52-60)73(10,11)34-32-71(62,6)7)17-13-14-35-75-67(79)57-22-18-55(19-23-57)49-53(2)59-26-28-61-63(51-59)72(8,9)33-31-70(61,4)5/h18-29,49-52,65H,12-17,30-48H2,1-11H3,(H,74,78)(H,75,79)(H,76,81)(H,77,80)/b53-49+,54-50+/t65-/m1/s1. The zero-order valence-electron chi connectivity index (χ0n) is 54.6. The minimum absolute atomic E-state index is 0.0595. The minimum atomic E-state index is -0.787. The number of benzene rings is 4. The van der Waals surface area contributed by atoms with Crippen molar-refractivity contribution in [2.75, 3.05) is 98.9 Å². The molecule has 0 spiro atoms. The lowest BCUT2D eigenvalue weighted by Gasteiger charge is -2.42. The summed E-state index contributed by atoms with van der Waals surface area (Å²) in [6, 6.07) is 28.2. The van der Waals surface area contributed by atoms with E-state index in [0.717, 1.165) is 23.1 Å². The second-order valence-electron chi connectivity index (χ2n) is 26.1. The number of carbonyl (C=O) groups is 4. The molecule has 4 N–H and O–H groups in total. The smallest absolute Gasteiger partial charge is 0.251 e. The van der Waals surface area contributed by atoms with Crippen LogP contribution in [0.25, 0.3) is 23.3 Å². The number of hydrogen-bond acceptors (Lipinski definition) is 10. The zero-order chi connectivity index (χ0) is 62.9. The molecule has 0 aromatic heterocycles. The van der Waals surface area contributed by atoms with Gasteiger partial charge in [0.25, 0.3) is 11.8 Å². The van der Waals surface area contributed by atoms with E-state index in [2.05, 4.69) is 139 Å². The van der Waals surface area contributed by atoms with Crippen molar-refractivity contribution in [1.82, 2.24) is 21.3 Å². The SMILES string of the molecule is CCOCCOCCOCCC(=O)NCCCOCCOCCOCCCNC(=O)[C@@H](CCCCNC(=O)c1ccc(/C=C(\C)c2ccc3c(c2)C(C)(C)CCC3(C)C)cc1)NC(=O)c1ccc(/C=C(\C)c2ccc3c(c2)C(C)(C)CCC3(C)C)cc1. The fraction of sp³-hybridized carbons (Fsp3) is 0.562. The van der Waals surface area contributed by atoms with E-state index in [1.165, 1.54) is 58.2 Å². The van der Waals surface area contributed by atoms with Crippen LogP contribution in [0.15, 0.2) is 84.9 Å². The van der Waals surface area contributed by atoms with Crippen molar-refractivity contribution in [3.63, 3.8) is 0 Å². The summed E-state index contributed by atoms with van der Waals surface area (Å²) < 4.78 is 33.1. The maximum atomic E-state index is 13.8. The Morgan fingerprint density at radius 3 is 1.30 bits per heavy atom. The fourth-order valence-electron chi connectivity index (χ4n) is 11.4. The number of unbranched alkanes of at least 4 members (excludes halogenated alkanes) is 1. The summed E-state index contributed by atoms with van der Waals surface area (Å²) >= 11 is 0. The van der Waals surface area contributed by atoms with Gasteiger partial charge in [0.15, 0.2) is 0 Å². The molecule has 0 radical (unpaired) electrons. The van der Waals surface area contributed by atoms with E-state index in [1.807, 2.05) is 43.3 Å².